The van der Waals surface area contributed by atoms with Gasteiger partial charge in [0.05, 0.1) is 24.4 Å². The van der Waals surface area contributed by atoms with Crippen LogP contribution in [0.3, 0.4) is 0 Å². The summed E-state index contributed by atoms with van der Waals surface area (Å²) in [6.07, 6.45) is 3.74. The zero-order valence-electron chi connectivity index (χ0n) is 20.4. The number of nitrogens with zero attached hydrogens (tertiary/aromatic N) is 4. The van der Waals surface area contributed by atoms with E-state index < -0.39 is 0 Å². The maximum absolute atomic E-state index is 5.89. The number of benzene rings is 1. The third-order valence-corrected chi connectivity index (χ3v) is 6.75. The Hall–Kier alpha value is -3.71. The van der Waals surface area contributed by atoms with Crippen molar-refractivity contribution < 1.29 is 4.74 Å². The molecule has 1 saturated heterocycles. The molecule has 0 aliphatic carbocycles. The lowest BCUT2D eigenvalue weighted by atomic mass is 9.96. The second kappa shape index (κ2) is 9.50. The van der Waals surface area contributed by atoms with Gasteiger partial charge in [-0.2, -0.15) is 0 Å². The lowest BCUT2D eigenvalue weighted by Gasteiger charge is -2.28. The van der Waals surface area contributed by atoms with Crippen LogP contribution in [-0.2, 0) is 0 Å². The highest BCUT2D eigenvalue weighted by Gasteiger charge is 2.42. The molecule has 1 fully saturated rings. The zero-order valence-corrected chi connectivity index (χ0v) is 21.2. The number of hydrogen-bond acceptors (Lipinski definition) is 4. The number of pyridine rings is 2. The van der Waals surface area contributed by atoms with E-state index in [1.54, 1.807) is 0 Å². The van der Waals surface area contributed by atoms with E-state index in [1.165, 1.54) is 5.56 Å². The van der Waals surface area contributed by atoms with Gasteiger partial charge in [0.15, 0.2) is 5.11 Å². The summed E-state index contributed by atoms with van der Waals surface area (Å²) in [5, 5.41) is 4.22. The first-order valence-corrected chi connectivity index (χ1v) is 12.2. The third kappa shape index (κ3) is 4.28. The third-order valence-electron chi connectivity index (χ3n) is 6.44. The molecule has 0 bridgehead atoms. The molecule has 1 aromatic carbocycles. The van der Waals surface area contributed by atoms with Crippen LogP contribution in [0.25, 0.3) is 5.82 Å². The minimum atomic E-state index is -0.102. The number of aryl methyl sites for hydroxylation is 2. The first kappa shape index (κ1) is 23.1. The van der Waals surface area contributed by atoms with Gasteiger partial charge in [0.1, 0.15) is 11.6 Å². The molecule has 0 unspecified atom stereocenters. The predicted molar refractivity (Wildman–Crippen MR) is 143 cm³/mol. The van der Waals surface area contributed by atoms with Crippen LogP contribution in [0.1, 0.15) is 47.2 Å². The van der Waals surface area contributed by atoms with Crippen molar-refractivity contribution in [3.05, 3.63) is 101 Å². The summed E-state index contributed by atoms with van der Waals surface area (Å²) < 4.78 is 7.87. The van der Waals surface area contributed by atoms with Crippen LogP contribution >= 0.6 is 12.2 Å². The second-order valence-electron chi connectivity index (χ2n) is 8.78. The summed E-state index contributed by atoms with van der Waals surface area (Å²) in [5.74, 6) is 1.75. The van der Waals surface area contributed by atoms with Crippen molar-refractivity contribution in [3.63, 3.8) is 0 Å². The van der Waals surface area contributed by atoms with E-state index in [0.29, 0.717) is 11.7 Å². The molecule has 0 saturated carbocycles. The molecule has 0 amide bonds. The zero-order chi connectivity index (χ0) is 24.5. The molecule has 4 heterocycles. The summed E-state index contributed by atoms with van der Waals surface area (Å²) >= 11 is 5.89. The van der Waals surface area contributed by atoms with Crippen molar-refractivity contribution in [1.82, 2.24) is 19.9 Å². The van der Waals surface area contributed by atoms with Gasteiger partial charge in [-0.25, -0.2) is 4.98 Å². The molecule has 1 aliphatic rings. The molecule has 7 heteroatoms. The van der Waals surface area contributed by atoms with Gasteiger partial charge in [0.25, 0.3) is 0 Å². The van der Waals surface area contributed by atoms with Crippen molar-refractivity contribution >= 4 is 23.0 Å². The largest absolute Gasteiger partial charge is 0.494 e. The molecule has 5 rings (SSSR count). The van der Waals surface area contributed by atoms with Crippen LogP contribution in [0, 0.1) is 20.8 Å². The number of rotatable bonds is 6. The Morgan fingerprint density at radius 3 is 2.46 bits per heavy atom. The van der Waals surface area contributed by atoms with Gasteiger partial charge in [-0.3, -0.25) is 4.98 Å². The summed E-state index contributed by atoms with van der Waals surface area (Å²) in [5.41, 5.74) is 6.53. The summed E-state index contributed by atoms with van der Waals surface area (Å²) in [6, 6.07) is 20.3. The van der Waals surface area contributed by atoms with Gasteiger partial charge in [-0.1, -0.05) is 12.1 Å². The number of anilines is 1. The van der Waals surface area contributed by atoms with Crippen LogP contribution in [-0.4, -0.2) is 26.3 Å². The van der Waals surface area contributed by atoms with Gasteiger partial charge in [-0.05, 0) is 99.6 Å². The summed E-state index contributed by atoms with van der Waals surface area (Å²) in [4.78, 5) is 11.6. The molecule has 0 radical (unpaired) electrons. The van der Waals surface area contributed by atoms with Crippen molar-refractivity contribution in [3.8, 4) is 11.6 Å². The standard InChI is InChI=1S/C28H29N5OS/c1-5-34-22-12-10-21(11-13-22)33-27(26(31-28(33)35)24-8-6-7-15-29-24)23-16-19(3)32(20(23)4)25-14-9-18(2)17-30-25/h6-17,26-27H,5H2,1-4H3,(H,31,35)/t26-,27-/m0/s1. The Balaban J connectivity index is 1.63. The number of aromatic nitrogens is 3. The fourth-order valence-corrected chi connectivity index (χ4v) is 5.20. The number of ether oxygens (including phenoxy) is 1. The van der Waals surface area contributed by atoms with Crippen LogP contribution in [0.4, 0.5) is 5.69 Å². The normalized spacial score (nSPS) is 17.5. The highest BCUT2D eigenvalue weighted by atomic mass is 32.1. The van der Waals surface area contributed by atoms with E-state index >= 15 is 0 Å². The number of thiocarbonyl (C=S) groups is 1. The minimum absolute atomic E-state index is 0.0826. The Labute approximate surface area is 211 Å². The van der Waals surface area contributed by atoms with Gasteiger partial charge in [0, 0.05) is 29.5 Å². The molecule has 1 N–H and O–H groups in total. The lowest BCUT2D eigenvalue weighted by Crippen LogP contribution is -2.29. The van der Waals surface area contributed by atoms with Gasteiger partial charge >= 0.3 is 0 Å². The molecule has 1 aliphatic heterocycles. The van der Waals surface area contributed by atoms with Crippen LogP contribution in [0.15, 0.2) is 73.1 Å². The highest BCUT2D eigenvalue weighted by molar-refractivity contribution is 7.80. The fraction of sp³-hybridized carbons (Fsp3) is 0.250. The smallest absolute Gasteiger partial charge is 0.174 e. The summed E-state index contributed by atoms with van der Waals surface area (Å²) in [7, 11) is 0. The second-order valence-corrected chi connectivity index (χ2v) is 9.17. The van der Waals surface area contributed by atoms with Crippen molar-refractivity contribution in [2.45, 2.75) is 39.8 Å². The molecular formula is C28H29N5OS. The molecule has 6 nitrogen and oxygen atoms in total. The first-order valence-electron chi connectivity index (χ1n) is 11.8. The number of nitrogens with one attached hydrogen (secondary N) is 1. The van der Waals surface area contributed by atoms with Gasteiger partial charge in [-0.15, -0.1) is 0 Å². The van der Waals surface area contributed by atoms with E-state index in [0.717, 1.165) is 39.9 Å². The highest BCUT2D eigenvalue weighted by Crippen LogP contribution is 2.43. The monoisotopic (exact) mass is 483 g/mol. The number of hydrogen-bond donors (Lipinski definition) is 1. The van der Waals surface area contributed by atoms with Crippen LogP contribution < -0.4 is 15.0 Å². The Bertz CT molecular complexity index is 1330. The molecule has 2 atom stereocenters. The SMILES string of the molecule is CCOc1ccc(N2C(=S)N[C@@H](c3ccccn3)[C@@H]2c2cc(C)n(-c3ccc(C)cn3)c2C)cc1. The molecule has 178 valence electrons. The molecular weight excluding hydrogens is 454 g/mol. The van der Waals surface area contributed by atoms with Gasteiger partial charge < -0.3 is 19.5 Å². The first-order chi connectivity index (χ1) is 17.0. The van der Waals surface area contributed by atoms with Crippen LogP contribution in [0.2, 0.25) is 0 Å². The van der Waals surface area contributed by atoms with Crippen molar-refractivity contribution in [2.75, 3.05) is 11.5 Å². The Morgan fingerprint density at radius 2 is 1.80 bits per heavy atom. The average molecular weight is 484 g/mol. The minimum Gasteiger partial charge on any atom is -0.494 e. The van der Waals surface area contributed by atoms with Crippen molar-refractivity contribution in [1.29, 1.82) is 0 Å². The van der Waals surface area contributed by atoms with Crippen LogP contribution in [0.5, 0.6) is 5.75 Å². The van der Waals surface area contributed by atoms with Gasteiger partial charge in [0.2, 0.25) is 0 Å². The predicted octanol–water partition coefficient (Wildman–Crippen LogP) is 5.77. The van der Waals surface area contributed by atoms with E-state index in [-0.39, 0.29) is 12.1 Å². The van der Waals surface area contributed by atoms with Crippen molar-refractivity contribution in [2.24, 2.45) is 0 Å². The lowest BCUT2D eigenvalue weighted by molar-refractivity contribution is 0.340. The van der Waals surface area contributed by atoms with E-state index in [9.17, 15) is 0 Å². The molecule has 0 spiro atoms. The Kier molecular flexibility index (Phi) is 6.26. The molecule has 4 aromatic rings. The average Bonchev–Trinajstić information content (AvgIpc) is 3.36. The van der Waals surface area contributed by atoms with E-state index in [4.69, 9.17) is 17.0 Å². The topological polar surface area (TPSA) is 55.2 Å². The maximum atomic E-state index is 5.89. The quantitative estimate of drug-likeness (QED) is 0.352. The maximum Gasteiger partial charge on any atom is 0.174 e. The molecule has 3 aromatic heterocycles. The fourth-order valence-electron chi connectivity index (χ4n) is 4.85. The van der Waals surface area contributed by atoms with E-state index in [2.05, 4.69) is 81.9 Å². The molecule has 35 heavy (non-hydrogen) atoms. The Morgan fingerprint density at radius 1 is 1.00 bits per heavy atom. The summed E-state index contributed by atoms with van der Waals surface area (Å²) in [6.45, 7) is 8.94. The van der Waals surface area contributed by atoms with E-state index in [1.807, 2.05) is 43.6 Å².